The third-order valence-corrected chi connectivity index (χ3v) is 7.56. The number of benzene rings is 2. The number of halogens is 1. The summed E-state index contributed by atoms with van der Waals surface area (Å²) in [5.41, 5.74) is 2.07. The van der Waals surface area contributed by atoms with E-state index in [2.05, 4.69) is 0 Å². The zero-order valence-corrected chi connectivity index (χ0v) is 21.3. The highest BCUT2D eigenvalue weighted by atomic mass is 19.1. The molecule has 0 spiro atoms. The first kappa shape index (κ1) is 24.8. The van der Waals surface area contributed by atoms with Gasteiger partial charge in [-0.1, -0.05) is 30.3 Å². The fraction of sp³-hybridized carbons (Fsp3) is 0.267. The molecule has 2 aromatic carbocycles. The van der Waals surface area contributed by atoms with Crippen LogP contribution in [0.15, 0.2) is 78.0 Å². The summed E-state index contributed by atoms with van der Waals surface area (Å²) in [4.78, 5) is 41.0. The van der Waals surface area contributed by atoms with E-state index >= 15 is 4.39 Å². The van der Waals surface area contributed by atoms with Crippen molar-refractivity contribution < 1.29 is 23.7 Å². The van der Waals surface area contributed by atoms with Crippen LogP contribution in [0.3, 0.4) is 0 Å². The Morgan fingerprint density at radius 3 is 2.26 bits per heavy atom. The molecule has 0 bridgehead atoms. The van der Waals surface area contributed by atoms with Gasteiger partial charge in [0.1, 0.15) is 11.4 Å². The third kappa shape index (κ3) is 4.87. The fourth-order valence-electron chi connectivity index (χ4n) is 5.25. The Morgan fingerprint density at radius 1 is 0.949 bits per heavy atom. The predicted octanol–water partition coefficient (Wildman–Crippen LogP) is 3.48. The average Bonchev–Trinajstić information content (AvgIpc) is 3.80. The van der Waals surface area contributed by atoms with Gasteiger partial charge >= 0.3 is 5.97 Å². The Morgan fingerprint density at radius 2 is 1.62 bits per heavy atom. The molecule has 198 valence electrons. The average molecular weight is 528 g/mol. The number of amides is 1. The molecule has 9 heteroatoms. The molecule has 0 unspecified atom stereocenters. The summed E-state index contributed by atoms with van der Waals surface area (Å²) >= 11 is 0. The standard InChI is InChI=1S/C30H27FN4O4/c31-25-16-23-26(35(22-6-7-22)18-24(29(23)37)30(38)39)17-27(25)33-12-14-34(15-13-33)28(36)19-32-10-8-21(9-11-32)20-4-2-1-3-5-20/h1-5,8-11,16-18,22H,6-7,12-15,19H2/p+1. The number of piperazine rings is 1. The van der Waals surface area contributed by atoms with Gasteiger partial charge in [0.15, 0.2) is 12.4 Å². The number of carbonyl (C=O) groups is 2. The van der Waals surface area contributed by atoms with Crippen LogP contribution in [0.25, 0.3) is 22.0 Å². The van der Waals surface area contributed by atoms with Crippen LogP contribution in [0.4, 0.5) is 10.1 Å². The second-order valence-electron chi connectivity index (χ2n) is 10.1. The predicted molar refractivity (Wildman–Crippen MR) is 144 cm³/mol. The van der Waals surface area contributed by atoms with Crippen LogP contribution >= 0.6 is 0 Å². The number of carbonyl (C=O) groups excluding carboxylic acids is 1. The number of fused-ring (bicyclic) bond motifs is 1. The quantitative estimate of drug-likeness (QED) is 0.388. The smallest absolute Gasteiger partial charge is 0.341 e. The lowest BCUT2D eigenvalue weighted by atomic mass is 10.1. The molecule has 1 saturated heterocycles. The van der Waals surface area contributed by atoms with Gasteiger partial charge in [0.25, 0.3) is 5.91 Å². The number of nitrogens with zero attached hydrogens (tertiary/aromatic N) is 4. The largest absolute Gasteiger partial charge is 0.477 e. The number of pyridine rings is 2. The highest BCUT2D eigenvalue weighted by Crippen LogP contribution is 2.38. The van der Waals surface area contributed by atoms with E-state index in [1.165, 1.54) is 6.20 Å². The van der Waals surface area contributed by atoms with Crippen molar-refractivity contribution in [3.05, 3.63) is 94.8 Å². The van der Waals surface area contributed by atoms with Gasteiger partial charge < -0.3 is 19.5 Å². The van der Waals surface area contributed by atoms with Crippen molar-refractivity contribution in [3.8, 4) is 11.1 Å². The molecule has 1 amide bonds. The molecular formula is C30H28FN4O4+. The zero-order chi connectivity index (χ0) is 27.1. The minimum Gasteiger partial charge on any atom is -0.477 e. The summed E-state index contributed by atoms with van der Waals surface area (Å²) < 4.78 is 18.9. The molecule has 2 aliphatic rings. The Bertz CT molecular complexity index is 1620. The molecule has 0 atom stereocenters. The normalized spacial score (nSPS) is 15.5. The lowest BCUT2D eigenvalue weighted by molar-refractivity contribution is -0.685. The molecule has 1 N–H and O–H groups in total. The molecule has 2 aromatic heterocycles. The molecule has 6 rings (SSSR count). The van der Waals surface area contributed by atoms with Gasteiger partial charge in [-0.2, -0.15) is 4.57 Å². The first-order valence-electron chi connectivity index (χ1n) is 13.1. The van der Waals surface area contributed by atoms with Crippen molar-refractivity contribution >= 4 is 28.5 Å². The second kappa shape index (κ2) is 9.98. The van der Waals surface area contributed by atoms with E-state index in [4.69, 9.17) is 0 Å². The second-order valence-corrected chi connectivity index (χ2v) is 10.1. The van der Waals surface area contributed by atoms with Gasteiger partial charge in [0, 0.05) is 55.9 Å². The van der Waals surface area contributed by atoms with Gasteiger partial charge in [-0.15, -0.1) is 0 Å². The molecular weight excluding hydrogens is 499 g/mol. The summed E-state index contributed by atoms with van der Waals surface area (Å²) in [6, 6.07) is 16.9. The molecule has 1 aliphatic carbocycles. The summed E-state index contributed by atoms with van der Waals surface area (Å²) in [5, 5.41) is 9.53. The van der Waals surface area contributed by atoms with E-state index in [0.29, 0.717) is 37.4 Å². The van der Waals surface area contributed by atoms with Gasteiger partial charge in [0.05, 0.1) is 11.2 Å². The van der Waals surface area contributed by atoms with Gasteiger partial charge in [-0.05, 0) is 36.1 Å². The van der Waals surface area contributed by atoms with Crippen LogP contribution in [0.5, 0.6) is 0 Å². The minimum atomic E-state index is -1.31. The molecule has 8 nitrogen and oxygen atoms in total. The first-order valence-corrected chi connectivity index (χ1v) is 13.1. The number of anilines is 1. The summed E-state index contributed by atoms with van der Waals surface area (Å²) in [6.07, 6.45) is 6.95. The van der Waals surface area contributed by atoms with Crippen LogP contribution < -0.4 is 14.9 Å². The van der Waals surface area contributed by atoms with E-state index in [-0.39, 0.29) is 29.4 Å². The van der Waals surface area contributed by atoms with Crippen LogP contribution in [-0.4, -0.2) is 52.6 Å². The fourth-order valence-corrected chi connectivity index (χ4v) is 5.25. The van der Waals surface area contributed by atoms with E-state index in [0.717, 1.165) is 30.0 Å². The van der Waals surface area contributed by atoms with E-state index in [9.17, 15) is 19.5 Å². The molecule has 3 heterocycles. The minimum absolute atomic E-state index is 0.00475. The number of aromatic carboxylic acids is 1. The number of rotatable bonds is 6. The summed E-state index contributed by atoms with van der Waals surface area (Å²) in [7, 11) is 0. The van der Waals surface area contributed by atoms with Crippen molar-refractivity contribution in [3.63, 3.8) is 0 Å². The molecule has 1 aliphatic heterocycles. The maximum absolute atomic E-state index is 15.2. The van der Waals surface area contributed by atoms with Crippen molar-refractivity contribution in [1.82, 2.24) is 9.47 Å². The lowest BCUT2D eigenvalue weighted by Crippen LogP contribution is -2.52. The highest BCUT2D eigenvalue weighted by molar-refractivity contribution is 5.93. The summed E-state index contributed by atoms with van der Waals surface area (Å²) in [6.45, 7) is 2.02. The molecule has 4 aromatic rings. The van der Waals surface area contributed by atoms with E-state index in [1.807, 2.05) is 64.3 Å². The number of hydrogen-bond donors (Lipinski definition) is 1. The van der Waals surface area contributed by atoms with Crippen molar-refractivity contribution in [2.75, 3.05) is 31.1 Å². The van der Waals surface area contributed by atoms with Gasteiger partial charge in [0.2, 0.25) is 12.0 Å². The first-order chi connectivity index (χ1) is 18.9. The Balaban J connectivity index is 1.16. The number of carboxylic acid groups (broad SMARTS) is 1. The topological polar surface area (TPSA) is 86.7 Å². The SMILES string of the molecule is O=C(O)c1cn(C2CC2)c2cc(N3CCN(C(=O)C[n+]4ccc(-c5ccccc5)cc4)CC3)c(F)cc2c1=O. The van der Waals surface area contributed by atoms with Gasteiger partial charge in [-0.3, -0.25) is 9.59 Å². The van der Waals surface area contributed by atoms with Crippen LogP contribution in [0.1, 0.15) is 29.2 Å². The molecule has 39 heavy (non-hydrogen) atoms. The summed E-state index contributed by atoms with van der Waals surface area (Å²) in [5.74, 6) is -1.89. The monoisotopic (exact) mass is 527 g/mol. The van der Waals surface area contributed by atoms with Crippen molar-refractivity contribution in [2.45, 2.75) is 25.4 Å². The Hall–Kier alpha value is -4.53. The maximum Gasteiger partial charge on any atom is 0.341 e. The number of hydrogen-bond acceptors (Lipinski definition) is 4. The Kier molecular flexibility index (Phi) is 6.34. The molecule has 2 fully saturated rings. The van der Waals surface area contributed by atoms with E-state index < -0.39 is 17.2 Å². The lowest BCUT2D eigenvalue weighted by Gasteiger charge is -2.36. The highest BCUT2D eigenvalue weighted by Gasteiger charge is 2.29. The van der Waals surface area contributed by atoms with Crippen LogP contribution in [0, 0.1) is 5.82 Å². The molecule has 1 saturated carbocycles. The third-order valence-electron chi connectivity index (χ3n) is 7.56. The Labute approximate surface area is 224 Å². The van der Waals surface area contributed by atoms with Crippen molar-refractivity contribution in [2.24, 2.45) is 0 Å². The number of aromatic nitrogens is 2. The van der Waals surface area contributed by atoms with Crippen molar-refractivity contribution in [1.29, 1.82) is 0 Å². The van der Waals surface area contributed by atoms with Gasteiger partial charge in [-0.25, -0.2) is 9.18 Å². The number of carboxylic acids is 1. The molecule has 0 radical (unpaired) electrons. The van der Waals surface area contributed by atoms with Crippen LogP contribution in [0.2, 0.25) is 0 Å². The van der Waals surface area contributed by atoms with E-state index in [1.54, 1.807) is 15.5 Å². The maximum atomic E-state index is 15.2. The zero-order valence-electron chi connectivity index (χ0n) is 21.3. The van der Waals surface area contributed by atoms with Crippen LogP contribution in [-0.2, 0) is 11.3 Å².